The second kappa shape index (κ2) is 10.5. The van der Waals surface area contributed by atoms with Crippen molar-refractivity contribution >= 4 is 16.7 Å². The molecule has 0 unspecified atom stereocenters. The number of fused-ring (bicyclic) bond motifs is 1. The van der Waals surface area contributed by atoms with E-state index >= 15 is 0 Å². The first-order chi connectivity index (χ1) is 19.0. The molecule has 5 aromatic rings. The van der Waals surface area contributed by atoms with Crippen LogP contribution in [0.25, 0.3) is 33.3 Å². The Hall–Kier alpha value is -4.16. The second-order valence-electron chi connectivity index (χ2n) is 10.4. The van der Waals surface area contributed by atoms with Crippen molar-refractivity contribution in [3.8, 4) is 28.1 Å². The Morgan fingerprint density at radius 1 is 0.821 bits per heavy atom. The maximum absolute atomic E-state index is 5.40. The number of hydrogen-bond acceptors (Lipinski definition) is 5. The van der Waals surface area contributed by atoms with Gasteiger partial charge in [-0.1, -0.05) is 24.3 Å². The number of anilines is 1. The van der Waals surface area contributed by atoms with E-state index in [4.69, 9.17) is 9.72 Å². The topological polar surface area (TPSA) is 55.2 Å². The lowest BCUT2D eigenvalue weighted by atomic mass is 10.0. The summed E-state index contributed by atoms with van der Waals surface area (Å²) in [4.78, 5) is 11.8. The molecule has 0 radical (unpaired) electrons. The molecular formula is C33H35N5O. The number of nitrogens with one attached hydrogen (secondary N) is 1. The quantitative estimate of drug-likeness (QED) is 0.293. The van der Waals surface area contributed by atoms with Crippen molar-refractivity contribution in [1.29, 1.82) is 0 Å². The maximum Gasteiger partial charge on any atom is 0.128 e. The Balaban J connectivity index is 1.46. The van der Waals surface area contributed by atoms with Gasteiger partial charge >= 0.3 is 0 Å². The summed E-state index contributed by atoms with van der Waals surface area (Å²) in [5, 5.41) is 4.67. The summed E-state index contributed by atoms with van der Waals surface area (Å²) >= 11 is 0. The summed E-state index contributed by atoms with van der Waals surface area (Å²) in [6, 6.07) is 23.9. The van der Waals surface area contributed by atoms with Crippen LogP contribution in [0.1, 0.15) is 22.5 Å². The molecule has 4 heterocycles. The van der Waals surface area contributed by atoms with Crippen molar-refractivity contribution in [2.45, 2.75) is 27.3 Å². The number of ether oxygens (including phenoxy) is 1. The van der Waals surface area contributed by atoms with E-state index in [9.17, 15) is 0 Å². The fourth-order valence-corrected chi connectivity index (χ4v) is 5.76. The fourth-order valence-electron chi connectivity index (χ4n) is 5.76. The first-order valence-electron chi connectivity index (χ1n) is 13.6. The molecule has 6 nitrogen and oxygen atoms in total. The highest BCUT2D eigenvalue weighted by Gasteiger charge is 2.18. The van der Waals surface area contributed by atoms with E-state index in [0.29, 0.717) is 0 Å². The smallest absolute Gasteiger partial charge is 0.128 e. The Morgan fingerprint density at radius 3 is 2.21 bits per heavy atom. The second-order valence-corrected chi connectivity index (χ2v) is 10.4. The van der Waals surface area contributed by atoms with Gasteiger partial charge in [0.05, 0.1) is 12.8 Å². The third-order valence-corrected chi connectivity index (χ3v) is 7.69. The highest BCUT2D eigenvalue weighted by atomic mass is 16.5. The van der Waals surface area contributed by atoms with Crippen LogP contribution < -0.4 is 15.0 Å². The maximum atomic E-state index is 5.40. The van der Waals surface area contributed by atoms with Gasteiger partial charge in [-0.05, 0) is 79.9 Å². The molecule has 1 fully saturated rings. The van der Waals surface area contributed by atoms with Gasteiger partial charge < -0.3 is 19.5 Å². The van der Waals surface area contributed by atoms with E-state index in [2.05, 4.69) is 95.1 Å². The lowest BCUT2D eigenvalue weighted by Gasteiger charge is -2.28. The minimum Gasteiger partial charge on any atom is -0.497 e. The summed E-state index contributed by atoms with van der Waals surface area (Å²) in [5.74, 6) is 1.91. The molecule has 3 aromatic heterocycles. The van der Waals surface area contributed by atoms with E-state index in [1.807, 2.05) is 18.3 Å². The zero-order valence-corrected chi connectivity index (χ0v) is 23.2. The van der Waals surface area contributed by atoms with E-state index in [1.165, 1.54) is 38.9 Å². The third kappa shape index (κ3) is 5.00. The van der Waals surface area contributed by atoms with Crippen molar-refractivity contribution < 1.29 is 4.74 Å². The highest BCUT2D eigenvalue weighted by Crippen LogP contribution is 2.37. The average Bonchev–Trinajstić information content (AvgIpc) is 3.24. The number of benzene rings is 2. The molecule has 0 aliphatic carbocycles. The first-order valence-corrected chi connectivity index (χ1v) is 13.6. The number of rotatable bonds is 6. The SMILES string of the molecule is COc1ccc(Cn2c(-c3cc(C)nc(C)c3)c(C)c3ccc(-c4ccc(N5CCNCC5)nc4)cc32)cc1. The molecule has 39 heavy (non-hydrogen) atoms. The van der Waals surface area contributed by atoms with Gasteiger partial charge in [-0.15, -0.1) is 0 Å². The number of hydrogen-bond donors (Lipinski definition) is 1. The number of methoxy groups -OCH3 is 1. The summed E-state index contributed by atoms with van der Waals surface area (Å²) in [5.41, 5.74) is 10.5. The van der Waals surface area contributed by atoms with Crippen LogP contribution in [0.4, 0.5) is 5.82 Å². The first kappa shape index (κ1) is 25.1. The van der Waals surface area contributed by atoms with Crippen molar-refractivity contribution in [3.05, 3.63) is 95.4 Å². The van der Waals surface area contributed by atoms with Gasteiger partial charge in [0.2, 0.25) is 0 Å². The summed E-state index contributed by atoms with van der Waals surface area (Å²) in [6.45, 7) is 11.1. The summed E-state index contributed by atoms with van der Waals surface area (Å²) in [6.07, 6.45) is 2.01. The molecule has 1 saturated heterocycles. The molecule has 1 aliphatic heterocycles. The Bertz CT molecular complexity index is 1590. The number of aryl methyl sites for hydroxylation is 3. The van der Waals surface area contributed by atoms with Gasteiger partial charge in [-0.2, -0.15) is 0 Å². The number of aromatic nitrogens is 3. The van der Waals surface area contributed by atoms with Crippen LogP contribution in [0, 0.1) is 20.8 Å². The van der Waals surface area contributed by atoms with E-state index in [-0.39, 0.29) is 0 Å². The van der Waals surface area contributed by atoms with Crippen LogP contribution >= 0.6 is 0 Å². The molecule has 0 atom stereocenters. The van der Waals surface area contributed by atoms with Gasteiger partial charge in [0, 0.05) is 72.3 Å². The lowest BCUT2D eigenvalue weighted by molar-refractivity contribution is 0.414. The zero-order chi connectivity index (χ0) is 26.9. The molecule has 198 valence electrons. The van der Waals surface area contributed by atoms with Crippen LogP contribution in [0.15, 0.2) is 72.9 Å². The van der Waals surface area contributed by atoms with Crippen LogP contribution in [-0.2, 0) is 6.54 Å². The molecule has 0 saturated carbocycles. The minimum absolute atomic E-state index is 0.758. The summed E-state index contributed by atoms with van der Waals surface area (Å²) < 4.78 is 7.85. The van der Waals surface area contributed by atoms with Gasteiger partial charge in [0.1, 0.15) is 11.6 Å². The van der Waals surface area contributed by atoms with Gasteiger partial charge in [-0.3, -0.25) is 4.98 Å². The van der Waals surface area contributed by atoms with Gasteiger partial charge in [-0.25, -0.2) is 4.98 Å². The summed E-state index contributed by atoms with van der Waals surface area (Å²) in [7, 11) is 1.71. The number of nitrogens with zero attached hydrogens (tertiary/aromatic N) is 4. The monoisotopic (exact) mass is 517 g/mol. The van der Waals surface area contributed by atoms with Crippen LogP contribution in [0.5, 0.6) is 5.75 Å². The predicted octanol–water partition coefficient (Wildman–Crippen LogP) is 6.16. The van der Waals surface area contributed by atoms with Crippen molar-refractivity contribution in [2.75, 3.05) is 38.2 Å². The van der Waals surface area contributed by atoms with Crippen molar-refractivity contribution in [3.63, 3.8) is 0 Å². The Morgan fingerprint density at radius 2 is 1.54 bits per heavy atom. The molecule has 1 N–H and O–H groups in total. The fraction of sp³-hybridized carbons (Fsp3) is 0.273. The highest BCUT2D eigenvalue weighted by molar-refractivity contribution is 5.94. The minimum atomic E-state index is 0.758. The van der Waals surface area contributed by atoms with E-state index < -0.39 is 0 Å². The average molecular weight is 518 g/mol. The zero-order valence-electron chi connectivity index (χ0n) is 23.2. The van der Waals surface area contributed by atoms with Crippen LogP contribution in [0.3, 0.4) is 0 Å². The molecule has 1 aliphatic rings. The van der Waals surface area contributed by atoms with Gasteiger partial charge in [0.15, 0.2) is 0 Å². The third-order valence-electron chi connectivity index (χ3n) is 7.69. The molecule has 0 spiro atoms. The van der Waals surface area contributed by atoms with E-state index in [0.717, 1.165) is 61.2 Å². The number of piperazine rings is 1. The largest absolute Gasteiger partial charge is 0.497 e. The van der Waals surface area contributed by atoms with Crippen LogP contribution in [0.2, 0.25) is 0 Å². The Kier molecular flexibility index (Phi) is 6.79. The lowest BCUT2D eigenvalue weighted by Crippen LogP contribution is -2.43. The standard InChI is InChI=1S/C33H35N5O/c1-22-17-28(18-23(2)36-22)33-24(3)30-11-7-26(27-8-12-32(35-20-27)37-15-13-34-14-16-37)19-31(30)38(33)21-25-5-9-29(39-4)10-6-25/h5-12,17-20,34H,13-16,21H2,1-4H3. The van der Waals surface area contributed by atoms with E-state index in [1.54, 1.807) is 7.11 Å². The normalized spacial score (nSPS) is 13.7. The molecule has 0 bridgehead atoms. The van der Waals surface area contributed by atoms with Gasteiger partial charge in [0.25, 0.3) is 0 Å². The predicted molar refractivity (Wildman–Crippen MR) is 160 cm³/mol. The molecule has 0 amide bonds. The molecule has 2 aromatic carbocycles. The van der Waals surface area contributed by atoms with Crippen molar-refractivity contribution in [1.82, 2.24) is 19.9 Å². The molecule has 6 rings (SSSR count). The Labute approximate surface area is 230 Å². The van der Waals surface area contributed by atoms with Crippen LogP contribution in [-0.4, -0.2) is 47.8 Å². The molecular weight excluding hydrogens is 482 g/mol. The number of pyridine rings is 2. The molecule has 6 heteroatoms. The van der Waals surface area contributed by atoms with Crippen molar-refractivity contribution in [2.24, 2.45) is 0 Å².